The van der Waals surface area contributed by atoms with Crippen LogP contribution in [0.1, 0.15) is 25.7 Å². The van der Waals surface area contributed by atoms with Gasteiger partial charge in [0.1, 0.15) is 0 Å². The van der Waals surface area contributed by atoms with Crippen molar-refractivity contribution in [2.24, 2.45) is 11.8 Å². The highest BCUT2D eigenvalue weighted by Crippen LogP contribution is 2.36. The van der Waals surface area contributed by atoms with E-state index in [1.54, 1.807) is 0 Å². The maximum absolute atomic E-state index is 12.5. The van der Waals surface area contributed by atoms with Gasteiger partial charge in [-0.15, -0.1) is 0 Å². The Kier molecular flexibility index (Phi) is 3.20. The van der Waals surface area contributed by atoms with Gasteiger partial charge in [-0.2, -0.15) is 0 Å². The van der Waals surface area contributed by atoms with E-state index < -0.39 is 0 Å². The minimum Gasteiger partial charge on any atom is -0.274 e. The average Bonchev–Trinajstić information content (AvgIpc) is 2.76. The predicted octanol–water partition coefficient (Wildman–Crippen LogP) is 2.92. The first-order valence-electron chi connectivity index (χ1n) is 6.84. The van der Waals surface area contributed by atoms with E-state index in [-0.39, 0.29) is 17.7 Å². The van der Waals surface area contributed by atoms with E-state index in [4.69, 9.17) is 0 Å². The van der Waals surface area contributed by atoms with Crippen molar-refractivity contribution in [2.45, 2.75) is 25.7 Å². The first kappa shape index (κ1) is 12.2. The molecule has 1 fully saturated rings. The van der Waals surface area contributed by atoms with Crippen LogP contribution in [0.25, 0.3) is 0 Å². The van der Waals surface area contributed by atoms with E-state index in [0.717, 1.165) is 19.3 Å². The summed E-state index contributed by atoms with van der Waals surface area (Å²) in [6.45, 7) is 0. The quantitative estimate of drug-likeness (QED) is 0.602. The highest BCUT2D eigenvalue weighted by Gasteiger charge is 2.43. The smallest absolute Gasteiger partial charge is 0.237 e. The van der Waals surface area contributed by atoms with Crippen LogP contribution < -0.4 is 4.90 Å². The lowest BCUT2D eigenvalue weighted by Crippen LogP contribution is -2.32. The van der Waals surface area contributed by atoms with E-state index in [2.05, 4.69) is 12.2 Å². The van der Waals surface area contributed by atoms with Crippen LogP contribution in [0, 0.1) is 11.8 Å². The van der Waals surface area contributed by atoms with Gasteiger partial charge < -0.3 is 0 Å². The summed E-state index contributed by atoms with van der Waals surface area (Å²) in [6, 6.07) is 9.23. The van der Waals surface area contributed by atoms with E-state index in [9.17, 15) is 9.59 Å². The summed E-state index contributed by atoms with van der Waals surface area (Å²) >= 11 is 0. The molecule has 3 nitrogen and oxygen atoms in total. The van der Waals surface area contributed by atoms with E-state index in [0.29, 0.717) is 18.0 Å². The lowest BCUT2D eigenvalue weighted by molar-refractivity contribution is -0.123. The summed E-state index contributed by atoms with van der Waals surface area (Å²) < 4.78 is 0. The minimum atomic E-state index is -0.127. The molecule has 0 radical (unpaired) electrons. The summed E-state index contributed by atoms with van der Waals surface area (Å²) in [6.07, 6.45) is 7.62. The highest BCUT2D eigenvalue weighted by molar-refractivity contribution is 6.21. The first-order chi connectivity index (χ1) is 9.27. The van der Waals surface area contributed by atoms with Crippen LogP contribution in [0.2, 0.25) is 0 Å². The van der Waals surface area contributed by atoms with Gasteiger partial charge in [0.05, 0.1) is 11.6 Å². The van der Waals surface area contributed by atoms with Gasteiger partial charge in [0.2, 0.25) is 11.8 Å². The van der Waals surface area contributed by atoms with Crippen LogP contribution >= 0.6 is 0 Å². The predicted molar refractivity (Wildman–Crippen MR) is 73.5 cm³/mol. The van der Waals surface area contributed by atoms with Gasteiger partial charge in [-0.05, 0) is 37.3 Å². The van der Waals surface area contributed by atoms with Crippen molar-refractivity contribution in [3.05, 3.63) is 42.5 Å². The number of imide groups is 1. The largest absolute Gasteiger partial charge is 0.274 e. The summed E-state index contributed by atoms with van der Waals surface area (Å²) in [5, 5.41) is 0. The number of allylic oxidation sites excluding steroid dienone is 2. The molecule has 0 aromatic heterocycles. The Morgan fingerprint density at radius 2 is 1.84 bits per heavy atom. The number of rotatable bonds is 2. The number of carbonyl (C=O) groups excluding carboxylic acids is 2. The normalized spacial score (nSPS) is 27.1. The molecule has 1 aliphatic heterocycles. The molecular weight excluding hydrogens is 238 g/mol. The molecular formula is C16H17NO2. The highest BCUT2D eigenvalue weighted by atomic mass is 16.2. The molecule has 2 amide bonds. The Morgan fingerprint density at radius 1 is 1.05 bits per heavy atom. The van der Waals surface area contributed by atoms with Gasteiger partial charge in [0, 0.05) is 6.42 Å². The Balaban J connectivity index is 1.83. The third-order valence-corrected chi connectivity index (χ3v) is 4.07. The molecule has 1 aromatic rings. The fourth-order valence-electron chi connectivity index (χ4n) is 3.05. The first-order valence-corrected chi connectivity index (χ1v) is 6.84. The van der Waals surface area contributed by atoms with Gasteiger partial charge in [0.15, 0.2) is 0 Å². The third-order valence-electron chi connectivity index (χ3n) is 4.07. The van der Waals surface area contributed by atoms with E-state index in [1.807, 2.05) is 30.3 Å². The molecule has 19 heavy (non-hydrogen) atoms. The van der Waals surface area contributed by atoms with Gasteiger partial charge in [-0.25, -0.2) is 0 Å². The van der Waals surface area contributed by atoms with E-state index in [1.165, 1.54) is 4.90 Å². The number of para-hydroxylation sites is 1. The zero-order valence-corrected chi connectivity index (χ0v) is 10.8. The van der Waals surface area contributed by atoms with Crippen molar-refractivity contribution in [1.82, 2.24) is 0 Å². The number of hydrogen-bond donors (Lipinski definition) is 0. The fraction of sp³-hybridized carbons (Fsp3) is 0.375. The summed E-state index contributed by atoms with van der Waals surface area (Å²) in [7, 11) is 0. The van der Waals surface area contributed by atoms with Crippen LogP contribution in [0.4, 0.5) is 5.69 Å². The third kappa shape index (κ3) is 2.21. The zero-order valence-electron chi connectivity index (χ0n) is 10.8. The maximum Gasteiger partial charge on any atom is 0.237 e. The molecule has 1 saturated heterocycles. The van der Waals surface area contributed by atoms with Crippen molar-refractivity contribution < 1.29 is 9.59 Å². The molecule has 3 heteroatoms. The summed E-state index contributed by atoms with van der Waals surface area (Å²) in [5.74, 6) is 0.125. The molecule has 0 bridgehead atoms. The van der Waals surface area contributed by atoms with Crippen molar-refractivity contribution >= 4 is 17.5 Å². The maximum atomic E-state index is 12.5. The second-order valence-electron chi connectivity index (χ2n) is 5.26. The lowest BCUT2D eigenvalue weighted by Gasteiger charge is -2.23. The fourth-order valence-corrected chi connectivity index (χ4v) is 3.05. The molecule has 0 spiro atoms. The Bertz CT molecular complexity index is 521. The molecule has 2 aliphatic rings. The van der Waals surface area contributed by atoms with Gasteiger partial charge in [-0.1, -0.05) is 30.4 Å². The average molecular weight is 255 g/mol. The Hall–Kier alpha value is -1.90. The zero-order chi connectivity index (χ0) is 13.2. The van der Waals surface area contributed by atoms with Crippen LogP contribution in [0.5, 0.6) is 0 Å². The molecule has 1 aromatic carbocycles. The van der Waals surface area contributed by atoms with Gasteiger partial charge >= 0.3 is 0 Å². The number of nitrogens with zero attached hydrogens (tertiary/aromatic N) is 1. The lowest BCUT2D eigenvalue weighted by atomic mass is 9.82. The molecule has 0 N–H and O–H groups in total. The number of amides is 2. The summed E-state index contributed by atoms with van der Waals surface area (Å²) in [5.41, 5.74) is 0.700. The number of carbonyl (C=O) groups is 2. The Morgan fingerprint density at radius 3 is 2.53 bits per heavy atom. The Labute approximate surface area is 112 Å². The van der Waals surface area contributed by atoms with Crippen LogP contribution in [-0.2, 0) is 9.59 Å². The van der Waals surface area contributed by atoms with Crippen molar-refractivity contribution in [3.8, 4) is 0 Å². The second-order valence-corrected chi connectivity index (χ2v) is 5.26. The van der Waals surface area contributed by atoms with Gasteiger partial charge in [-0.3, -0.25) is 14.5 Å². The van der Waals surface area contributed by atoms with Crippen LogP contribution in [0.3, 0.4) is 0 Å². The molecule has 0 saturated carbocycles. The van der Waals surface area contributed by atoms with Crippen LogP contribution in [-0.4, -0.2) is 11.8 Å². The molecule has 2 unspecified atom stereocenters. The molecule has 3 rings (SSSR count). The standard InChI is InChI=1S/C16H17NO2/c18-15-11-14(12-7-3-1-4-8-12)16(19)17(15)13-9-5-2-6-10-13/h1-3,5-6,9-10,12,14H,4,7-8,11H2. The van der Waals surface area contributed by atoms with Gasteiger partial charge in [0.25, 0.3) is 0 Å². The molecule has 1 heterocycles. The summed E-state index contributed by atoms with van der Waals surface area (Å²) in [4.78, 5) is 26.0. The number of anilines is 1. The molecule has 98 valence electrons. The molecule has 1 aliphatic carbocycles. The van der Waals surface area contributed by atoms with Crippen LogP contribution in [0.15, 0.2) is 42.5 Å². The van der Waals surface area contributed by atoms with Crippen molar-refractivity contribution in [2.75, 3.05) is 4.90 Å². The van der Waals surface area contributed by atoms with Crippen molar-refractivity contribution in [1.29, 1.82) is 0 Å². The minimum absolute atomic E-state index is 0.0171. The second kappa shape index (κ2) is 5.00. The topological polar surface area (TPSA) is 37.4 Å². The SMILES string of the molecule is O=C1CC(C2CC=CCC2)C(=O)N1c1ccccc1. The number of hydrogen-bond acceptors (Lipinski definition) is 2. The molecule has 2 atom stereocenters. The monoisotopic (exact) mass is 255 g/mol. The van der Waals surface area contributed by atoms with Crippen molar-refractivity contribution in [3.63, 3.8) is 0 Å². The number of benzene rings is 1. The van der Waals surface area contributed by atoms with E-state index >= 15 is 0 Å².